The number of carbonyl (C=O) groups excluding carboxylic acids is 2. The Morgan fingerprint density at radius 3 is 2.78 bits per heavy atom. The zero-order chi connectivity index (χ0) is 19.6. The molecule has 0 unspecified atom stereocenters. The Morgan fingerprint density at radius 2 is 2.15 bits per heavy atom. The minimum Gasteiger partial charge on any atom is -0.351 e. The van der Waals surface area contributed by atoms with E-state index >= 15 is 0 Å². The molecule has 1 fully saturated rings. The summed E-state index contributed by atoms with van der Waals surface area (Å²) in [5.74, 6) is -0.553. The molecule has 148 valence electrons. The number of rotatable bonds is 6. The number of aryl methyl sites for hydroxylation is 2. The Bertz CT molecular complexity index is 875. The van der Waals surface area contributed by atoms with Crippen LogP contribution in [0.3, 0.4) is 0 Å². The zero-order valence-electron chi connectivity index (χ0n) is 15.5. The molecular formula is C17H24N4O4S2. The van der Waals surface area contributed by atoms with Gasteiger partial charge in [-0.2, -0.15) is 5.10 Å². The molecule has 1 aromatic rings. The van der Waals surface area contributed by atoms with E-state index in [1.54, 1.807) is 11.3 Å². The Kier molecular flexibility index (Phi) is 5.95. The van der Waals surface area contributed by atoms with Gasteiger partial charge in [0.2, 0.25) is 5.91 Å². The highest BCUT2D eigenvalue weighted by Gasteiger charge is 2.37. The monoisotopic (exact) mass is 412 g/mol. The van der Waals surface area contributed by atoms with Gasteiger partial charge in [0, 0.05) is 30.7 Å². The highest BCUT2D eigenvalue weighted by molar-refractivity contribution is 7.91. The van der Waals surface area contributed by atoms with E-state index in [-0.39, 0.29) is 41.9 Å². The molecule has 1 saturated heterocycles. The number of nitrogens with one attached hydrogen (secondary N) is 1. The summed E-state index contributed by atoms with van der Waals surface area (Å²) in [4.78, 5) is 30.3. The average molecular weight is 413 g/mol. The van der Waals surface area contributed by atoms with Gasteiger partial charge in [0.05, 0.1) is 28.2 Å². The fraction of sp³-hybridized carbons (Fsp3) is 0.647. The largest absolute Gasteiger partial charge is 0.351 e. The van der Waals surface area contributed by atoms with Crippen molar-refractivity contribution in [3.8, 4) is 0 Å². The maximum absolute atomic E-state index is 12.4. The summed E-state index contributed by atoms with van der Waals surface area (Å²) >= 11 is 1.64. The molecule has 27 heavy (non-hydrogen) atoms. The van der Waals surface area contributed by atoms with Crippen molar-refractivity contribution < 1.29 is 18.0 Å². The number of hydrogen-bond donors (Lipinski definition) is 1. The molecule has 3 heterocycles. The fourth-order valence-electron chi connectivity index (χ4n) is 3.30. The standard InChI is InChI=1S/C17H24N4O4S2/c1-3-13-11(2)26-15(19-13)6-8-18-17(23)14-4-5-16(22)21(20-14)12-7-9-27(24,25)10-12/h12H,3-10H2,1-2H3,(H,18,23)/t12-/m0/s1. The van der Waals surface area contributed by atoms with Gasteiger partial charge in [-0.3, -0.25) is 9.59 Å². The Hall–Kier alpha value is -1.81. The van der Waals surface area contributed by atoms with Crippen LogP contribution in [0.15, 0.2) is 5.10 Å². The smallest absolute Gasteiger partial charge is 0.267 e. The number of thiazole rings is 1. The molecular weight excluding hydrogens is 388 g/mol. The summed E-state index contributed by atoms with van der Waals surface area (Å²) in [5, 5.41) is 9.21. The number of sulfone groups is 1. The van der Waals surface area contributed by atoms with Crippen LogP contribution < -0.4 is 5.32 Å². The summed E-state index contributed by atoms with van der Waals surface area (Å²) < 4.78 is 23.3. The van der Waals surface area contributed by atoms with E-state index < -0.39 is 15.9 Å². The van der Waals surface area contributed by atoms with Crippen LogP contribution in [-0.2, 0) is 32.3 Å². The van der Waals surface area contributed by atoms with E-state index in [2.05, 4.69) is 22.3 Å². The number of hydrogen-bond acceptors (Lipinski definition) is 7. The van der Waals surface area contributed by atoms with Crippen LogP contribution in [0.1, 0.15) is 41.8 Å². The molecule has 2 aliphatic heterocycles. The highest BCUT2D eigenvalue weighted by Crippen LogP contribution is 2.22. The van der Waals surface area contributed by atoms with E-state index in [4.69, 9.17) is 0 Å². The highest BCUT2D eigenvalue weighted by atomic mass is 32.2. The van der Waals surface area contributed by atoms with Gasteiger partial charge >= 0.3 is 0 Å². The quantitative estimate of drug-likeness (QED) is 0.745. The van der Waals surface area contributed by atoms with Gasteiger partial charge < -0.3 is 5.32 Å². The number of aromatic nitrogens is 1. The van der Waals surface area contributed by atoms with Gasteiger partial charge in [-0.05, 0) is 19.8 Å². The topological polar surface area (TPSA) is 109 Å². The van der Waals surface area contributed by atoms with Crippen molar-refractivity contribution in [1.82, 2.24) is 15.3 Å². The second kappa shape index (κ2) is 8.05. The van der Waals surface area contributed by atoms with E-state index in [9.17, 15) is 18.0 Å². The lowest BCUT2D eigenvalue weighted by atomic mass is 10.1. The minimum atomic E-state index is -3.12. The van der Waals surface area contributed by atoms with Gasteiger partial charge in [0.15, 0.2) is 9.84 Å². The summed E-state index contributed by atoms with van der Waals surface area (Å²) in [6.07, 6.45) is 2.36. The van der Waals surface area contributed by atoms with Crippen molar-refractivity contribution >= 4 is 38.7 Å². The number of nitrogens with zero attached hydrogens (tertiary/aromatic N) is 3. The zero-order valence-corrected chi connectivity index (χ0v) is 17.2. The SMILES string of the molecule is CCc1nc(CCNC(=O)C2=NN([C@H]3CCS(=O)(=O)C3)C(=O)CC2)sc1C. The lowest BCUT2D eigenvalue weighted by molar-refractivity contribution is -0.133. The van der Waals surface area contributed by atoms with E-state index in [0.717, 1.165) is 17.1 Å². The average Bonchev–Trinajstić information content (AvgIpc) is 3.16. The first-order valence-electron chi connectivity index (χ1n) is 9.12. The first kappa shape index (κ1) is 19.9. The first-order valence-corrected chi connectivity index (χ1v) is 11.8. The number of carbonyl (C=O) groups is 2. The van der Waals surface area contributed by atoms with Crippen LogP contribution in [-0.4, -0.2) is 60.0 Å². The fourth-order valence-corrected chi connectivity index (χ4v) is 6.01. The molecule has 0 aromatic carbocycles. The molecule has 0 aliphatic carbocycles. The second-order valence-corrected chi connectivity index (χ2v) is 10.3. The maximum Gasteiger partial charge on any atom is 0.267 e. The molecule has 1 N–H and O–H groups in total. The van der Waals surface area contributed by atoms with Gasteiger partial charge in [-0.1, -0.05) is 6.92 Å². The van der Waals surface area contributed by atoms with Crippen LogP contribution in [0.2, 0.25) is 0 Å². The van der Waals surface area contributed by atoms with Crippen LogP contribution in [0.5, 0.6) is 0 Å². The molecule has 0 saturated carbocycles. The molecule has 1 atom stereocenters. The molecule has 0 bridgehead atoms. The molecule has 1 aromatic heterocycles. The van der Waals surface area contributed by atoms with Gasteiger partial charge in [-0.25, -0.2) is 18.4 Å². The van der Waals surface area contributed by atoms with Crippen molar-refractivity contribution in [3.63, 3.8) is 0 Å². The first-order chi connectivity index (χ1) is 12.8. The van der Waals surface area contributed by atoms with Crippen molar-refractivity contribution in [2.24, 2.45) is 5.10 Å². The number of hydrazone groups is 1. The third-order valence-corrected chi connectivity index (χ3v) is 7.60. The van der Waals surface area contributed by atoms with Crippen molar-refractivity contribution in [3.05, 3.63) is 15.6 Å². The van der Waals surface area contributed by atoms with E-state index in [1.165, 1.54) is 9.89 Å². The van der Waals surface area contributed by atoms with Crippen molar-refractivity contribution in [1.29, 1.82) is 0 Å². The second-order valence-electron chi connectivity index (χ2n) is 6.81. The predicted octanol–water partition coefficient (Wildman–Crippen LogP) is 0.838. The van der Waals surface area contributed by atoms with Crippen molar-refractivity contribution in [2.75, 3.05) is 18.1 Å². The summed E-state index contributed by atoms with van der Waals surface area (Å²) in [7, 11) is -3.12. The molecule has 2 aliphatic rings. The van der Waals surface area contributed by atoms with Gasteiger partial charge in [-0.15, -0.1) is 11.3 Å². The van der Waals surface area contributed by atoms with Crippen LogP contribution >= 0.6 is 11.3 Å². The van der Waals surface area contributed by atoms with Crippen LogP contribution in [0, 0.1) is 6.92 Å². The Labute approximate surface area is 163 Å². The molecule has 10 heteroatoms. The minimum absolute atomic E-state index is 0.0610. The summed E-state index contributed by atoms with van der Waals surface area (Å²) in [6, 6.07) is -0.462. The van der Waals surface area contributed by atoms with Crippen LogP contribution in [0.25, 0.3) is 0 Å². The summed E-state index contributed by atoms with van der Waals surface area (Å²) in [6.45, 7) is 4.56. The predicted molar refractivity (Wildman–Crippen MR) is 104 cm³/mol. The summed E-state index contributed by atoms with van der Waals surface area (Å²) in [5.41, 5.74) is 1.38. The van der Waals surface area contributed by atoms with Gasteiger partial charge in [0.1, 0.15) is 5.71 Å². The van der Waals surface area contributed by atoms with E-state index in [0.29, 0.717) is 19.4 Å². The third kappa shape index (κ3) is 4.73. The Balaban J connectivity index is 1.58. The maximum atomic E-state index is 12.4. The molecule has 2 amide bonds. The molecule has 3 rings (SSSR count). The third-order valence-electron chi connectivity index (χ3n) is 4.77. The lowest BCUT2D eigenvalue weighted by Gasteiger charge is -2.27. The van der Waals surface area contributed by atoms with Gasteiger partial charge in [0.25, 0.3) is 5.91 Å². The van der Waals surface area contributed by atoms with Crippen LogP contribution in [0.4, 0.5) is 0 Å². The Morgan fingerprint density at radius 1 is 1.37 bits per heavy atom. The number of amides is 2. The molecule has 0 spiro atoms. The van der Waals surface area contributed by atoms with E-state index in [1.807, 2.05) is 6.92 Å². The molecule has 0 radical (unpaired) electrons. The normalized spacial score (nSPS) is 22.0. The van der Waals surface area contributed by atoms with Crippen molar-refractivity contribution in [2.45, 2.75) is 52.0 Å². The lowest BCUT2D eigenvalue weighted by Crippen LogP contribution is -2.44. The molecule has 8 nitrogen and oxygen atoms in total.